The smallest absolute Gasteiger partial charge is 0.184 e. The van der Waals surface area contributed by atoms with Crippen molar-refractivity contribution in [3.63, 3.8) is 0 Å². The Balaban J connectivity index is 2.92. The van der Waals surface area contributed by atoms with Crippen LogP contribution in [0.2, 0.25) is 0 Å². The van der Waals surface area contributed by atoms with Crippen molar-refractivity contribution < 1.29 is 8.42 Å². The Bertz CT molecular complexity index is 349. The summed E-state index contributed by atoms with van der Waals surface area (Å²) in [6, 6.07) is 3.49. The molecule has 1 aromatic rings. The minimum absolute atomic E-state index is 0.446. The van der Waals surface area contributed by atoms with Crippen LogP contribution in [0.3, 0.4) is 0 Å². The topological polar surface area (TPSA) is 34.1 Å². The van der Waals surface area contributed by atoms with Gasteiger partial charge in [0, 0.05) is 17.6 Å². The number of rotatable bonds is 3. The highest BCUT2D eigenvalue weighted by Crippen LogP contribution is 2.23. The van der Waals surface area contributed by atoms with E-state index in [0.29, 0.717) is 4.21 Å². The molecule has 2 nitrogen and oxygen atoms in total. The van der Waals surface area contributed by atoms with E-state index in [1.807, 2.05) is 19.4 Å². The van der Waals surface area contributed by atoms with Gasteiger partial charge in [-0.2, -0.15) is 0 Å². The van der Waals surface area contributed by atoms with Crippen LogP contribution in [0.5, 0.6) is 0 Å². The Morgan fingerprint density at radius 2 is 2.17 bits per heavy atom. The van der Waals surface area contributed by atoms with Crippen LogP contribution in [0.4, 0.5) is 0 Å². The summed E-state index contributed by atoms with van der Waals surface area (Å²) in [5, 5.41) is 0. The van der Waals surface area contributed by atoms with Crippen molar-refractivity contribution in [2.45, 2.75) is 17.6 Å². The molecular weight excluding hydrogens is 192 g/mol. The molecule has 1 radical (unpaired) electrons. The number of thiophene rings is 1. The molecule has 0 atom stereocenters. The maximum atomic E-state index is 11.0. The molecule has 0 aliphatic heterocycles. The summed E-state index contributed by atoms with van der Waals surface area (Å²) in [5.41, 5.74) is 0. The van der Waals surface area contributed by atoms with Gasteiger partial charge in [0.2, 0.25) is 0 Å². The second-order valence-electron chi connectivity index (χ2n) is 2.54. The van der Waals surface area contributed by atoms with E-state index in [9.17, 15) is 8.42 Å². The van der Waals surface area contributed by atoms with Gasteiger partial charge in [-0.1, -0.05) is 6.92 Å². The van der Waals surface area contributed by atoms with Crippen molar-refractivity contribution in [2.24, 2.45) is 0 Å². The summed E-state index contributed by atoms with van der Waals surface area (Å²) in [6.45, 7) is 2.03. The molecule has 0 aliphatic rings. The van der Waals surface area contributed by atoms with Gasteiger partial charge in [0.05, 0.1) is 0 Å². The Kier molecular flexibility index (Phi) is 2.90. The van der Waals surface area contributed by atoms with Crippen LogP contribution >= 0.6 is 11.3 Å². The first-order valence-corrected chi connectivity index (χ1v) is 6.38. The summed E-state index contributed by atoms with van der Waals surface area (Å²) in [7, 11) is -3.00. The SMILES string of the molecule is CC[CH]c1ccc(S(C)(=O)=O)s1. The summed E-state index contributed by atoms with van der Waals surface area (Å²) in [6.07, 6.45) is 4.18. The van der Waals surface area contributed by atoms with E-state index in [2.05, 4.69) is 0 Å². The van der Waals surface area contributed by atoms with E-state index in [0.717, 1.165) is 11.3 Å². The van der Waals surface area contributed by atoms with E-state index in [-0.39, 0.29) is 0 Å². The lowest BCUT2D eigenvalue weighted by molar-refractivity contribution is 0.604. The van der Waals surface area contributed by atoms with Gasteiger partial charge in [-0.3, -0.25) is 0 Å². The van der Waals surface area contributed by atoms with Gasteiger partial charge < -0.3 is 0 Å². The molecule has 0 bridgehead atoms. The maximum Gasteiger partial charge on any atom is 0.184 e. The fourth-order valence-electron chi connectivity index (χ4n) is 0.845. The van der Waals surface area contributed by atoms with Gasteiger partial charge in [-0.15, -0.1) is 11.3 Å². The second-order valence-corrected chi connectivity index (χ2v) is 5.90. The molecule has 0 fully saturated rings. The fourth-order valence-corrected chi connectivity index (χ4v) is 2.81. The van der Waals surface area contributed by atoms with Crippen molar-refractivity contribution in [3.05, 3.63) is 23.4 Å². The largest absolute Gasteiger partial charge is 0.223 e. The lowest BCUT2D eigenvalue weighted by Crippen LogP contribution is -1.91. The van der Waals surface area contributed by atoms with Crippen LogP contribution < -0.4 is 0 Å². The molecule has 4 heteroatoms. The van der Waals surface area contributed by atoms with Crippen LogP contribution in [0.15, 0.2) is 16.3 Å². The van der Waals surface area contributed by atoms with Crippen molar-refractivity contribution in [1.29, 1.82) is 0 Å². The first-order chi connectivity index (χ1) is 5.54. The van der Waals surface area contributed by atoms with E-state index < -0.39 is 9.84 Å². The maximum absolute atomic E-state index is 11.0. The first-order valence-electron chi connectivity index (χ1n) is 3.67. The highest BCUT2D eigenvalue weighted by atomic mass is 32.2. The quantitative estimate of drug-likeness (QED) is 0.754. The normalized spacial score (nSPS) is 11.8. The van der Waals surface area contributed by atoms with E-state index in [4.69, 9.17) is 0 Å². The molecule has 0 saturated carbocycles. The van der Waals surface area contributed by atoms with Gasteiger partial charge in [0.1, 0.15) is 4.21 Å². The molecular formula is C8H11O2S2. The van der Waals surface area contributed by atoms with E-state index in [1.165, 1.54) is 17.6 Å². The Hall–Kier alpha value is -0.350. The van der Waals surface area contributed by atoms with Crippen LogP contribution in [-0.4, -0.2) is 14.7 Å². The number of hydrogen-bond donors (Lipinski definition) is 0. The highest BCUT2D eigenvalue weighted by Gasteiger charge is 2.09. The second kappa shape index (κ2) is 3.58. The third-order valence-electron chi connectivity index (χ3n) is 1.37. The summed E-state index contributed by atoms with van der Waals surface area (Å²) in [5.74, 6) is 0. The van der Waals surface area contributed by atoms with Crippen molar-refractivity contribution in [2.75, 3.05) is 6.26 Å². The molecule has 0 spiro atoms. The molecule has 67 valence electrons. The number of hydrogen-bond acceptors (Lipinski definition) is 3. The fraction of sp³-hybridized carbons (Fsp3) is 0.375. The third-order valence-corrected chi connectivity index (χ3v) is 4.27. The average molecular weight is 203 g/mol. The van der Waals surface area contributed by atoms with Crippen molar-refractivity contribution in [1.82, 2.24) is 0 Å². The zero-order valence-corrected chi connectivity index (χ0v) is 8.71. The van der Waals surface area contributed by atoms with Crippen LogP contribution in [0, 0.1) is 6.42 Å². The Labute approximate surface area is 77.2 Å². The molecule has 0 N–H and O–H groups in total. The first kappa shape index (κ1) is 9.74. The van der Waals surface area contributed by atoms with Gasteiger partial charge in [-0.05, 0) is 18.6 Å². The zero-order chi connectivity index (χ0) is 9.19. The zero-order valence-electron chi connectivity index (χ0n) is 7.07. The lowest BCUT2D eigenvalue weighted by atomic mass is 10.3. The van der Waals surface area contributed by atoms with Crippen molar-refractivity contribution >= 4 is 21.2 Å². The average Bonchev–Trinajstić information content (AvgIpc) is 2.35. The monoisotopic (exact) mass is 203 g/mol. The number of sulfone groups is 1. The van der Waals surface area contributed by atoms with Crippen LogP contribution in [0.1, 0.15) is 18.2 Å². The predicted octanol–water partition coefficient (Wildman–Crippen LogP) is 2.11. The summed E-state index contributed by atoms with van der Waals surface area (Å²) < 4.78 is 22.5. The predicted molar refractivity (Wildman–Crippen MR) is 51.1 cm³/mol. The Morgan fingerprint density at radius 3 is 2.58 bits per heavy atom. The van der Waals surface area contributed by atoms with Crippen molar-refractivity contribution in [3.8, 4) is 0 Å². The standard InChI is InChI=1S/C8H11O2S2/c1-3-4-7-5-6-8(11-7)12(2,9)10/h4-6H,3H2,1-2H3. The molecule has 0 aliphatic carbocycles. The highest BCUT2D eigenvalue weighted by molar-refractivity contribution is 7.92. The van der Waals surface area contributed by atoms with Gasteiger partial charge in [-0.25, -0.2) is 8.42 Å². The molecule has 0 aromatic carbocycles. The summed E-state index contributed by atoms with van der Waals surface area (Å²) in [4.78, 5) is 1.03. The molecule has 0 amide bonds. The van der Waals surface area contributed by atoms with Crippen LogP contribution in [0.25, 0.3) is 0 Å². The van der Waals surface area contributed by atoms with Gasteiger partial charge in [0.25, 0.3) is 0 Å². The third kappa shape index (κ3) is 2.32. The molecule has 1 rings (SSSR count). The minimum Gasteiger partial charge on any atom is -0.223 e. The molecule has 12 heavy (non-hydrogen) atoms. The molecule has 1 heterocycles. The molecule has 1 aromatic heterocycles. The molecule has 0 saturated heterocycles. The molecule has 0 unspecified atom stereocenters. The van der Waals surface area contributed by atoms with E-state index >= 15 is 0 Å². The summed E-state index contributed by atoms with van der Waals surface area (Å²) >= 11 is 1.32. The van der Waals surface area contributed by atoms with E-state index in [1.54, 1.807) is 6.07 Å². The van der Waals surface area contributed by atoms with Gasteiger partial charge in [0.15, 0.2) is 9.84 Å². The minimum atomic E-state index is -3.00. The van der Waals surface area contributed by atoms with Crippen LogP contribution in [-0.2, 0) is 9.84 Å². The Morgan fingerprint density at radius 1 is 1.50 bits per heavy atom. The lowest BCUT2D eigenvalue weighted by Gasteiger charge is -1.90. The van der Waals surface area contributed by atoms with Gasteiger partial charge >= 0.3 is 0 Å².